The van der Waals surface area contributed by atoms with E-state index in [1.54, 1.807) is 6.92 Å². The lowest BCUT2D eigenvalue weighted by molar-refractivity contribution is -0.143. The van der Waals surface area contributed by atoms with E-state index in [1.807, 2.05) is 6.92 Å². The molecule has 1 rings (SSSR count). The van der Waals surface area contributed by atoms with E-state index in [1.165, 1.54) is 7.05 Å². The second-order valence-electron chi connectivity index (χ2n) is 20.0. The van der Waals surface area contributed by atoms with Crippen molar-refractivity contribution in [1.82, 2.24) is 79.6 Å². The Kier molecular flexibility index (Phi) is 46.1. The summed E-state index contributed by atoms with van der Waals surface area (Å²) in [5, 5.41) is 58.3. The number of aliphatic hydroxyl groups is 1. The largest absolute Gasteiger partial charge is 0.480 e. The van der Waals surface area contributed by atoms with Gasteiger partial charge in [0, 0.05) is 52.7 Å². The predicted octanol–water partition coefficient (Wildman–Crippen LogP) is -10.8. The Balaban J connectivity index is 2.67. The summed E-state index contributed by atoms with van der Waals surface area (Å²) in [7, 11) is 1.33. The van der Waals surface area contributed by atoms with E-state index >= 15 is 0 Å². The fourth-order valence-corrected chi connectivity index (χ4v) is 7.70. The fraction of sp³-hybridized carbons (Fsp3) is 0.736. The van der Waals surface area contributed by atoms with Crippen molar-refractivity contribution >= 4 is 82.8 Å². The number of aliphatic hydroxyl groups excluding tert-OH is 1. The van der Waals surface area contributed by atoms with Crippen LogP contribution in [0.1, 0.15) is 52.4 Å². The standard InChI is InChI=1S/C53H94N16O24/c1-4-6-7-34(49(82)55-3)64-52(85)37(23-59-42(73)25-69(26-47(78)79)27-48(80)81)67-51(84)36(22-40-61-33-62-68-40)66-50(83)35(8-9-39(54)71)65-53(86)38(28-70)63-41(72)24-60-46(77)32-93-21-18-90-15-12-58-45(76)31-92-20-17-89-14-11-57-44(75)30-91-19-16-88-13-10-56-43(74)29-87-5-2/h34-38,40,61-62,68,70H,4-33H2,1-3H3,(H2,54,71)(H,55,82)(H,56,74)(H,57,75)(H,58,76)(H,59,73)(H,60,77)(H,63,72)(H,64,85)(H,65,86)(H,66,83)(H,67,84)(H,78,79)(H,80,81). The molecule has 40 nitrogen and oxygen atoms in total. The number of carboxylic acids is 2. The molecule has 0 radical (unpaired) electrons. The minimum Gasteiger partial charge on any atom is -0.480 e. The van der Waals surface area contributed by atoms with Crippen LogP contribution >= 0.6 is 0 Å². The Morgan fingerprint density at radius 2 is 0.957 bits per heavy atom. The Hall–Kier alpha value is -7.90. The van der Waals surface area contributed by atoms with Crippen molar-refractivity contribution in [3.8, 4) is 0 Å². The molecule has 19 N–H and O–H groups in total. The van der Waals surface area contributed by atoms with Crippen LogP contribution in [0.2, 0.25) is 0 Å². The van der Waals surface area contributed by atoms with Crippen molar-refractivity contribution < 1.29 is 116 Å². The van der Waals surface area contributed by atoms with Gasteiger partial charge >= 0.3 is 11.9 Å². The second-order valence-corrected chi connectivity index (χ2v) is 20.0. The van der Waals surface area contributed by atoms with Crippen LogP contribution < -0.4 is 80.4 Å². The zero-order valence-corrected chi connectivity index (χ0v) is 52.6. The third-order valence-electron chi connectivity index (χ3n) is 12.3. The first-order chi connectivity index (χ1) is 44.5. The molecule has 1 heterocycles. The molecule has 0 aliphatic carbocycles. The van der Waals surface area contributed by atoms with Crippen LogP contribution in [0.15, 0.2) is 0 Å². The van der Waals surface area contributed by atoms with Crippen molar-refractivity contribution in [3.63, 3.8) is 0 Å². The van der Waals surface area contributed by atoms with Gasteiger partial charge in [-0.15, -0.1) is 0 Å². The number of carbonyl (C=O) groups is 14. The van der Waals surface area contributed by atoms with E-state index in [4.69, 9.17) is 38.9 Å². The number of hydrogen-bond acceptors (Lipinski definition) is 26. The number of carbonyl (C=O) groups excluding carboxylic acids is 12. The zero-order chi connectivity index (χ0) is 69.2. The maximum atomic E-state index is 14.2. The van der Waals surface area contributed by atoms with Crippen molar-refractivity contribution in [2.75, 3.05) is 165 Å². The van der Waals surface area contributed by atoms with E-state index in [-0.39, 0.29) is 124 Å². The summed E-state index contributed by atoms with van der Waals surface area (Å²) in [6.45, 7) is 0.279. The van der Waals surface area contributed by atoms with Crippen LogP contribution in [0.3, 0.4) is 0 Å². The van der Waals surface area contributed by atoms with Crippen LogP contribution in [0.4, 0.5) is 0 Å². The molecular weight excluding hydrogens is 1240 g/mol. The molecule has 0 saturated carbocycles. The Bertz CT molecular complexity index is 2330. The number of nitrogens with two attached hydrogens (primary N) is 1. The van der Waals surface area contributed by atoms with E-state index in [9.17, 15) is 82.4 Å². The highest BCUT2D eigenvalue weighted by molar-refractivity contribution is 5.97. The number of nitrogens with one attached hydrogen (secondary N) is 14. The van der Waals surface area contributed by atoms with Crippen LogP contribution in [0.5, 0.6) is 0 Å². The number of amides is 12. The Morgan fingerprint density at radius 1 is 0.505 bits per heavy atom. The van der Waals surface area contributed by atoms with Gasteiger partial charge in [-0.1, -0.05) is 19.8 Å². The molecule has 0 aromatic heterocycles. The van der Waals surface area contributed by atoms with Gasteiger partial charge in [-0.05, 0) is 19.8 Å². The predicted molar refractivity (Wildman–Crippen MR) is 320 cm³/mol. The van der Waals surface area contributed by atoms with Crippen molar-refractivity contribution in [1.29, 1.82) is 0 Å². The van der Waals surface area contributed by atoms with Gasteiger partial charge in [0.25, 0.3) is 0 Å². The quantitative estimate of drug-likeness (QED) is 0.0251. The second kappa shape index (κ2) is 51.6. The first-order valence-electron chi connectivity index (χ1n) is 29.9. The van der Waals surface area contributed by atoms with E-state index < -0.39 is 166 Å². The van der Waals surface area contributed by atoms with E-state index in [2.05, 4.69) is 74.7 Å². The molecule has 1 saturated heterocycles. The molecule has 1 aliphatic rings. The lowest BCUT2D eigenvalue weighted by atomic mass is 10.1. The fourth-order valence-electron chi connectivity index (χ4n) is 7.70. The zero-order valence-electron chi connectivity index (χ0n) is 52.6. The maximum absolute atomic E-state index is 14.2. The van der Waals surface area contributed by atoms with Gasteiger partial charge in [-0.2, -0.15) is 0 Å². The number of hydrazine groups is 1. The summed E-state index contributed by atoms with van der Waals surface area (Å²) in [6, 6.07) is -7.88. The Morgan fingerprint density at radius 3 is 1.42 bits per heavy atom. The molecule has 0 aromatic rings. The maximum Gasteiger partial charge on any atom is 0.317 e. The molecule has 6 unspecified atom stereocenters. The number of unbranched alkanes of at least 4 members (excludes halogenated alkanes) is 1. The number of aliphatic carboxylic acids is 2. The van der Waals surface area contributed by atoms with E-state index in [0.717, 1.165) is 4.90 Å². The molecule has 0 bridgehead atoms. The molecule has 1 fully saturated rings. The third-order valence-corrected chi connectivity index (χ3v) is 12.3. The highest BCUT2D eigenvalue weighted by atomic mass is 16.5. The summed E-state index contributed by atoms with van der Waals surface area (Å²) in [6.07, 6.45) is -0.756. The molecule has 6 atom stereocenters. The normalized spacial score (nSPS) is 14.2. The molecule has 0 aromatic carbocycles. The molecule has 12 amide bonds. The molecule has 0 spiro atoms. The third kappa shape index (κ3) is 42.8. The smallest absolute Gasteiger partial charge is 0.317 e. The molecule has 530 valence electrons. The van der Waals surface area contributed by atoms with Crippen LogP contribution in [0.25, 0.3) is 0 Å². The van der Waals surface area contributed by atoms with Gasteiger partial charge in [-0.3, -0.25) is 77.3 Å². The number of rotatable bonds is 56. The number of likely N-dealkylation sites (N-methyl/N-ethyl adjacent to an activating group) is 1. The van der Waals surface area contributed by atoms with Crippen molar-refractivity contribution in [3.05, 3.63) is 0 Å². The van der Waals surface area contributed by atoms with Gasteiger partial charge in [0.1, 0.15) is 56.6 Å². The van der Waals surface area contributed by atoms with Crippen LogP contribution in [0, 0.1) is 0 Å². The monoisotopic (exact) mass is 1340 g/mol. The van der Waals surface area contributed by atoms with Crippen LogP contribution in [-0.4, -0.2) is 305 Å². The number of hydrogen-bond donors (Lipinski definition) is 18. The lowest BCUT2D eigenvalue weighted by Gasteiger charge is -2.28. The molecule has 93 heavy (non-hydrogen) atoms. The molecular formula is C53H94N16O24. The van der Waals surface area contributed by atoms with Gasteiger partial charge in [0.2, 0.25) is 70.9 Å². The average Bonchev–Trinajstić information content (AvgIpc) is 2.32. The summed E-state index contributed by atoms with van der Waals surface area (Å²) in [4.78, 5) is 177. The summed E-state index contributed by atoms with van der Waals surface area (Å²) in [5.41, 5.74) is 10.9. The SMILES string of the molecule is CCCCC(NC(=O)C(CNC(=O)CN(CC(=O)O)CC(=O)O)NC(=O)C(CC1NCNN1)NC(=O)C(CCC(N)=O)NC(=O)C(CO)NC(=O)CNC(=O)COCCOCCNC(=O)COCCOCCNC(=O)COCCOCCNC(=O)COCC)C(=O)NC. The number of ether oxygens (including phenoxy) is 7. The molecule has 1 aliphatic heterocycles. The van der Waals surface area contributed by atoms with Crippen molar-refractivity contribution in [2.45, 2.75) is 88.7 Å². The first kappa shape index (κ1) is 83.1. The Labute approximate surface area is 536 Å². The van der Waals surface area contributed by atoms with Gasteiger partial charge in [0.15, 0.2) is 0 Å². The molecule has 40 heteroatoms. The summed E-state index contributed by atoms with van der Waals surface area (Å²) < 4.78 is 36.8. The van der Waals surface area contributed by atoms with Crippen LogP contribution in [-0.2, 0) is 100 Å². The minimum absolute atomic E-state index is 0.0122. The number of nitrogens with zero attached hydrogens (tertiary/aromatic N) is 1. The highest BCUT2D eigenvalue weighted by Gasteiger charge is 2.35. The number of carboxylic acid groups (broad SMARTS) is 2. The van der Waals surface area contributed by atoms with Gasteiger partial charge < -0.3 is 113 Å². The summed E-state index contributed by atoms with van der Waals surface area (Å²) >= 11 is 0. The highest BCUT2D eigenvalue weighted by Crippen LogP contribution is 2.07. The van der Waals surface area contributed by atoms with E-state index in [0.29, 0.717) is 26.0 Å². The van der Waals surface area contributed by atoms with Gasteiger partial charge in [-0.25, -0.2) is 10.9 Å². The first-order valence-corrected chi connectivity index (χ1v) is 29.9. The average molecular weight is 1340 g/mol. The van der Waals surface area contributed by atoms with Gasteiger partial charge in [0.05, 0.1) is 105 Å². The topological polar surface area (TPSA) is 562 Å². The number of primary amides is 1. The minimum atomic E-state index is -1.75. The lowest BCUT2D eigenvalue weighted by Crippen LogP contribution is -2.62. The van der Waals surface area contributed by atoms with Crippen molar-refractivity contribution in [2.24, 2.45) is 5.73 Å². The summed E-state index contributed by atoms with van der Waals surface area (Å²) in [5.74, 6) is -12.4.